The second-order valence-corrected chi connectivity index (χ2v) is 6.19. The van der Waals surface area contributed by atoms with Crippen LogP contribution in [0.1, 0.15) is 24.3 Å². The third-order valence-electron chi connectivity index (χ3n) is 3.62. The molecule has 1 fully saturated rings. The minimum absolute atomic E-state index is 0.0478. The van der Waals surface area contributed by atoms with Crippen LogP contribution in [-0.2, 0) is 4.74 Å². The summed E-state index contributed by atoms with van der Waals surface area (Å²) in [6, 6.07) is 0. The normalized spacial score (nSPS) is 24.5. The van der Waals surface area contributed by atoms with Crippen LogP contribution in [0.15, 0.2) is 0 Å². The van der Waals surface area contributed by atoms with Gasteiger partial charge in [0.2, 0.25) is 5.13 Å². The van der Waals surface area contributed by atoms with Gasteiger partial charge in [-0.1, -0.05) is 11.3 Å². The van der Waals surface area contributed by atoms with E-state index >= 15 is 0 Å². The minimum Gasteiger partial charge on any atom is -0.396 e. The number of hydrogen-bond acceptors (Lipinski definition) is 6. The molecule has 0 aromatic carbocycles. The first kappa shape index (κ1) is 13.7. The van der Waals surface area contributed by atoms with Crippen LogP contribution in [0.5, 0.6) is 0 Å². The second kappa shape index (κ2) is 5.95. The van der Waals surface area contributed by atoms with Crippen LogP contribution in [-0.4, -0.2) is 48.7 Å². The zero-order chi connectivity index (χ0) is 13.0. The number of methoxy groups -OCH3 is 1. The van der Waals surface area contributed by atoms with Gasteiger partial charge in [0.25, 0.3) is 0 Å². The maximum Gasteiger partial charge on any atom is 0.208 e. The molecule has 0 amide bonds. The summed E-state index contributed by atoms with van der Waals surface area (Å²) < 4.78 is 5.16. The molecule has 1 aliphatic rings. The van der Waals surface area contributed by atoms with Crippen molar-refractivity contribution in [1.82, 2.24) is 10.2 Å². The van der Waals surface area contributed by atoms with Gasteiger partial charge in [-0.15, -0.1) is 10.2 Å². The van der Waals surface area contributed by atoms with Crippen molar-refractivity contribution in [2.45, 2.75) is 26.2 Å². The average Bonchev–Trinajstić information content (AvgIpc) is 2.83. The number of aryl methyl sites for hydroxylation is 1. The molecule has 0 radical (unpaired) electrons. The molecule has 1 saturated heterocycles. The fraction of sp³-hybridized carbons (Fsp3) is 0.833. The molecule has 1 aromatic rings. The first-order valence-corrected chi connectivity index (χ1v) is 7.16. The third kappa shape index (κ3) is 2.99. The number of ether oxygens (including phenoxy) is 1. The monoisotopic (exact) mass is 271 g/mol. The molecule has 6 heteroatoms. The summed E-state index contributed by atoms with van der Waals surface area (Å²) in [4.78, 5) is 2.25. The molecule has 0 bridgehead atoms. The highest BCUT2D eigenvalue weighted by atomic mass is 32.1. The smallest absolute Gasteiger partial charge is 0.208 e. The summed E-state index contributed by atoms with van der Waals surface area (Å²) in [5, 5.41) is 20.0. The number of anilines is 1. The maximum atomic E-state index is 9.72. The summed E-state index contributed by atoms with van der Waals surface area (Å²) in [6.45, 7) is 4.73. The average molecular weight is 271 g/mol. The van der Waals surface area contributed by atoms with E-state index in [-0.39, 0.29) is 12.0 Å². The lowest BCUT2D eigenvalue weighted by atomic mass is 9.78. The largest absolute Gasteiger partial charge is 0.396 e. The topological polar surface area (TPSA) is 58.5 Å². The Morgan fingerprint density at radius 2 is 2.33 bits per heavy atom. The highest BCUT2D eigenvalue weighted by Gasteiger charge is 2.35. The number of aromatic nitrogens is 2. The van der Waals surface area contributed by atoms with Crippen molar-refractivity contribution in [3.05, 3.63) is 5.01 Å². The van der Waals surface area contributed by atoms with Crippen molar-refractivity contribution >= 4 is 16.5 Å². The van der Waals surface area contributed by atoms with Crippen LogP contribution < -0.4 is 4.90 Å². The summed E-state index contributed by atoms with van der Waals surface area (Å²) in [5.74, 6) is 0. The van der Waals surface area contributed by atoms with E-state index in [0.717, 1.165) is 42.5 Å². The molecule has 0 aliphatic carbocycles. The first-order valence-electron chi connectivity index (χ1n) is 6.34. The van der Waals surface area contributed by atoms with Crippen LogP contribution in [0, 0.1) is 12.3 Å². The summed E-state index contributed by atoms with van der Waals surface area (Å²) in [6.07, 6.45) is 3.04. The van der Waals surface area contributed by atoms with E-state index in [2.05, 4.69) is 15.1 Å². The van der Waals surface area contributed by atoms with Crippen LogP contribution in [0.2, 0.25) is 0 Å². The van der Waals surface area contributed by atoms with Crippen LogP contribution >= 0.6 is 11.3 Å². The molecule has 1 aromatic heterocycles. The number of piperidine rings is 1. The van der Waals surface area contributed by atoms with Gasteiger partial charge in [-0.05, 0) is 26.2 Å². The van der Waals surface area contributed by atoms with E-state index in [4.69, 9.17) is 4.74 Å². The van der Waals surface area contributed by atoms with Crippen molar-refractivity contribution in [2.24, 2.45) is 5.41 Å². The third-order valence-corrected chi connectivity index (χ3v) is 4.52. The van der Waals surface area contributed by atoms with Gasteiger partial charge in [-0.2, -0.15) is 0 Å². The van der Waals surface area contributed by atoms with E-state index in [0.29, 0.717) is 6.61 Å². The lowest BCUT2D eigenvalue weighted by Crippen LogP contribution is -2.46. The fourth-order valence-electron chi connectivity index (χ4n) is 2.52. The Kier molecular flexibility index (Phi) is 4.53. The standard InChI is InChI=1S/C12H21N3O2S/c1-10-13-14-11(18-10)15-6-3-4-12(8-15,9-16)5-7-17-2/h16H,3-9H2,1-2H3. The SMILES string of the molecule is COCCC1(CO)CCCN(c2nnc(C)s2)C1. The van der Waals surface area contributed by atoms with Crippen LogP contribution in [0.3, 0.4) is 0 Å². The first-order chi connectivity index (χ1) is 8.69. The molecule has 1 unspecified atom stereocenters. The van der Waals surface area contributed by atoms with Crippen molar-refractivity contribution in [1.29, 1.82) is 0 Å². The number of aliphatic hydroxyl groups is 1. The van der Waals surface area contributed by atoms with Crippen LogP contribution in [0.4, 0.5) is 5.13 Å². The van der Waals surface area contributed by atoms with Crippen molar-refractivity contribution in [2.75, 3.05) is 38.3 Å². The molecule has 1 atom stereocenters. The van der Waals surface area contributed by atoms with E-state index in [1.165, 1.54) is 0 Å². The van der Waals surface area contributed by atoms with Crippen molar-refractivity contribution < 1.29 is 9.84 Å². The molecule has 18 heavy (non-hydrogen) atoms. The molecule has 102 valence electrons. The zero-order valence-electron chi connectivity index (χ0n) is 11.1. The van der Waals surface area contributed by atoms with Crippen molar-refractivity contribution in [3.8, 4) is 0 Å². The minimum atomic E-state index is -0.0478. The Hall–Kier alpha value is -0.720. The summed E-state index contributed by atoms with van der Waals surface area (Å²) in [7, 11) is 1.71. The van der Waals surface area contributed by atoms with Gasteiger partial charge in [0.1, 0.15) is 5.01 Å². The Morgan fingerprint density at radius 1 is 1.50 bits per heavy atom. The van der Waals surface area contributed by atoms with Gasteiger partial charge in [0.15, 0.2) is 0 Å². The highest BCUT2D eigenvalue weighted by Crippen LogP contribution is 2.35. The zero-order valence-corrected chi connectivity index (χ0v) is 11.9. The number of hydrogen-bond donors (Lipinski definition) is 1. The fourth-order valence-corrected chi connectivity index (χ4v) is 3.23. The van der Waals surface area contributed by atoms with E-state index < -0.39 is 0 Å². The van der Waals surface area contributed by atoms with E-state index in [1.54, 1.807) is 18.4 Å². The Labute approximate surface area is 112 Å². The number of rotatable bonds is 5. The number of aliphatic hydroxyl groups excluding tert-OH is 1. The lowest BCUT2D eigenvalue weighted by molar-refractivity contribution is 0.0626. The van der Waals surface area contributed by atoms with Gasteiger partial charge in [-0.3, -0.25) is 0 Å². The molecular weight excluding hydrogens is 250 g/mol. The van der Waals surface area contributed by atoms with Crippen LogP contribution in [0.25, 0.3) is 0 Å². The second-order valence-electron chi connectivity index (χ2n) is 5.03. The Balaban J connectivity index is 2.06. The maximum absolute atomic E-state index is 9.72. The molecule has 5 nitrogen and oxygen atoms in total. The van der Waals surface area contributed by atoms with Gasteiger partial charge in [0, 0.05) is 32.2 Å². The van der Waals surface area contributed by atoms with Gasteiger partial charge in [-0.25, -0.2) is 0 Å². The molecule has 2 heterocycles. The molecule has 1 N–H and O–H groups in total. The molecule has 1 aliphatic heterocycles. The Morgan fingerprint density at radius 3 is 2.94 bits per heavy atom. The van der Waals surface area contributed by atoms with Gasteiger partial charge in [0.05, 0.1) is 6.61 Å². The van der Waals surface area contributed by atoms with E-state index in [1.807, 2.05) is 6.92 Å². The van der Waals surface area contributed by atoms with E-state index in [9.17, 15) is 5.11 Å². The molecular formula is C12H21N3O2S. The Bertz CT molecular complexity index is 385. The predicted octanol–water partition coefficient (Wildman–Crippen LogP) is 1.46. The number of nitrogens with zero attached hydrogens (tertiary/aromatic N) is 3. The van der Waals surface area contributed by atoms with Gasteiger partial charge < -0.3 is 14.7 Å². The summed E-state index contributed by atoms with van der Waals surface area (Å²) in [5.41, 5.74) is -0.0478. The predicted molar refractivity (Wildman–Crippen MR) is 72.1 cm³/mol. The van der Waals surface area contributed by atoms with Gasteiger partial charge >= 0.3 is 0 Å². The quantitative estimate of drug-likeness (QED) is 0.878. The molecule has 0 saturated carbocycles. The molecule has 2 rings (SSSR count). The van der Waals surface area contributed by atoms with Crippen molar-refractivity contribution in [3.63, 3.8) is 0 Å². The highest BCUT2D eigenvalue weighted by molar-refractivity contribution is 7.15. The lowest BCUT2D eigenvalue weighted by Gasteiger charge is -2.41. The summed E-state index contributed by atoms with van der Waals surface area (Å²) >= 11 is 1.62. The molecule has 0 spiro atoms.